The van der Waals surface area contributed by atoms with Gasteiger partial charge in [-0.2, -0.15) is 13.2 Å². The zero-order chi connectivity index (χ0) is 18.9. The van der Waals surface area contributed by atoms with E-state index in [-0.39, 0.29) is 22.2 Å². The maximum absolute atomic E-state index is 12.6. The second-order valence-corrected chi connectivity index (χ2v) is 9.10. The van der Waals surface area contributed by atoms with Crippen LogP contribution in [0.5, 0.6) is 0 Å². The van der Waals surface area contributed by atoms with Gasteiger partial charge in [-0.1, -0.05) is 13.0 Å². The van der Waals surface area contributed by atoms with Gasteiger partial charge in [0.2, 0.25) is 0 Å². The molecule has 0 spiro atoms. The minimum Gasteiger partial charge on any atom is -0.340 e. The molecule has 2 rings (SSSR count). The van der Waals surface area contributed by atoms with Crippen molar-refractivity contribution < 1.29 is 30.0 Å². The minimum absolute atomic E-state index is 0.00829. The molecule has 0 radical (unpaired) electrons. The lowest BCUT2D eigenvalue weighted by Gasteiger charge is -2.11. The van der Waals surface area contributed by atoms with Gasteiger partial charge in [0, 0.05) is 11.9 Å². The van der Waals surface area contributed by atoms with E-state index in [0.717, 1.165) is 24.4 Å². The zero-order valence-electron chi connectivity index (χ0n) is 12.8. The van der Waals surface area contributed by atoms with Gasteiger partial charge in [0.1, 0.15) is 5.82 Å². The number of hydrogen-bond donors (Lipinski definition) is 1. The highest BCUT2D eigenvalue weighted by molar-refractivity contribution is 7.92. The molecular weight excluding hydrogens is 381 g/mol. The minimum atomic E-state index is -5.46. The highest BCUT2D eigenvalue weighted by atomic mass is 32.2. The van der Waals surface area contributed by atoms with Crippen molar-refractivity contribution in [3.05, 3.63) is 42.6 Å². The van der Waals surface area contributed by atoms with Crippen molar-refractivity contribution in [2.75, 3.05) is 11.1 Å². The average Bonchev–Trinajstić information content (AvgIpc) is 2.54. The second kappa shape index (κ2) is 6.64. The molecule has 0 saturated carbocycles. The number of alkyl halides is 3. The number of nitrogens with one attached hydrogen (secondary N) is 1. The smallest absolute Gasteiger partial charge is 0.340 e. The Morgan fingerprint density at radius 3 is 2.24 bits per heavy atom. The molecule has 1 aromatic heterocycles. The maximum atomic E-state index is 12.6. The third-order valence-electron chi connectivity index (χ3n) is 3.20. The summed E-state index contributed by atoms with van der Waals surface area (Å²) in [7, 11) is -8.89. The Morgan fingerprint density at radius 1 is 1.04 bits per heavy atom. The molecular formula is C14H13F3N2O4S2. The summed E-state index contributed by atoms with van der Waals surface area (Å²) < 4.78 is 84.0. The van der Waals surface area contributed by atoms with Gasteiger partial charge in [-0.05, 0) is 30.3 Å². The molecule has 0 amide bonds. The van der Waals surface area contributed by atoms with E-state index in [1.165, 1.54) is 25.1 Å². The van der Waals surface area contributed by atoms with Crippen LogP contribution in [0.4, 0.5) is 24.7 Å². The van der Waals surface area contributed by atoms with E-state index in [0.29, 0.717) is 0 Å². The van der Waals surface area contributed by atoms with Crippen molar-refractivity contribution in [1.29, 1.82) is 0 Å². The van der Waals surface area contributed by atoms with Gasteiger partial charge in [0.05, 0.1) is 15.5 Å². The van der Waals surface area contributed by atoms with Crippen LogP contribution in [0.3, 0.4) is 0 Å². The first-order chi connectivity index (χ1) is 11.5. The number of benzene rings is 1. The van der Waals surface area contributed by atoms with Gasteiger partial charge in [0.15, 0.2) is 9.84 Å². The predicted molar refractivity (Wildman–Crippen MR) is 84.9 cm³/mol. The summed E-state index contributed by atoms with van der Waals surface area (Å²) in [6.07, 6.45) is 1.11. The number of pyridine rings is 1. The van der Waals surface area contributed by atoms with Crippen molar-refractivity contribution >= 4 is 31.2 Å². The molecule has 0 aliphatic rings. The molecule has 25 heavy (non-hydrogen) atoms. The first-order valence-corrected chi connectivity index (χ1v) is 9.98. The standard InChI is InChI=1S/C14H13F3N2O4S2/c1-2-24(20,21)12-6-7-13(18-9-12)19-10-4-3-5-11(8-10)25(22,23)14(15,16)17/h3-9H,2H2,1H3,(H,18,19). The summed E-state index contributed by atoms with van der Waals surface area (Å²) in [5.41, 5.74) is -5.34. The van der Waals surface area contributed by atoms with Crippen molar-refractivity contribution in [3.63, 3.8) is 0 Å². The Balaban J connectivity index is 2.29. The Morgan fingerprint density at radius 2 is 1.72 bits per heavy atom. The molecule has 0 unspecified atom stereocenters. The van der Waals surface area contributed by atoms with Crippen LogP contribution in [0.1, 0.15) is 6.92 Å². The monoisotopic (exact) mass is 394 g/mol. The summed E-state index contributed by atoms with van der Waals surface area (Å²) in [4.78, 5) is 2.97. The molecule has 1 aromatic carbocycles. The maximum Gasteiger partial charge on any atom is 0.501 e. The zero-order valence-corrected chi connectivity index (χ0v) is 14.4. The molecule has 11 heteroatoms. The normalized spacial score (nSPS) is 12.8. The van der Waals surface area contributed by atoms with Gasteiger partial charge in [-0.25, -0.2) is 21.8 Å². The third-order valence-corrected chi connectivity index (χ3v) is 6.40. The molecule has 136 valence electrons. The van der Waals surface area contributed by atoms with E-state index in [2.05, 4.69) is 10.3 Å². The third kappa shape index (κ3) is 4.10. The van der Waals surface area contributed by atoms with Crippen LogP contribution in [0, 0.1) is 0 Å². The molecule has 1 heterocycles. The summed E-state index contributed by atoms with van der Waals surface area (Å²) in [6.45, 7) is 1.48. The Kier molecular flexibility index (Phi) is 5.09. The molecule has 0 bridgehead atoms. The Hall–Kier alpha value is -2.14. The topological polar surface area (TPSA) is 93.2 Å². The number of rotatable bonds is 5. The molecule has 0 aliphatic carbocycles. The lowest BCUT2D eigenvalue weighted by molar-refractivity contribution is -0.0435. The van der Waals surface area contributed by atoms with Crippen LogP contribution in [-0.2, 0) is 19.7 Å². The SMILES string of the molecule is CCS(=O)(=O)c1ccc(Nc2cccc(S(=O)(=O)C(F)(F)F)c2)nc1. The van der Waals surface area contributed by atoms with Crippen LogP contribution in [0.25, 0.3) is 0 Å². The van der Waals surface area contributed by atoms with E-state index in [1.807, 2.05) is 0 Å². The number of hydrogen-bond acceptors (Lipinski definition) is 6. The average molecular weight is 394 g/mol. The van der Waals surface area contributed by atoms with Crippen molar-refractivity contribution in [2.45, 2.75) is 22.2 Å². The largest absolute Gasteiger partial charge is 0.501 e. The molecule has 6 nitrogen and oxygen atoms in total. The van der Waals surface area contributed by atoms with Crippen LogP contribution < -0.4 is 5.32 Å². The molecule has 1 N–H and O–H groups in total. The fraction of sp³-hybridized carbons (Fsp3) is 0.214. The highest BCUT2D eigenvalue weighted by Gasteiger charge is 2.46. The Bertz CT molecular complexity index is 970. The van der Waals surface area contributed by atoms with Gasteiger partial charge in [-0.3, -0.25) is 0 Å². The first-order valence-electron chi connectivity index (χ1n) is 6.84. The number of anilines is 2. The highest BCUT2D eigenvalue weighted by Crippen LogP contribution is 2.31. The first kappa shape index (κ1) is 19.2. The van der Waals surface area contributed by atoms with Crippen molar-refractivity contribution in [1.82, 2.24) is 4.98 Å². The molecule has 0 aliphatic heterocycles. The molecule has 0 fully saturated rings. The number of nitrogens with zero attached hydrogens (tertiary/aromatic N) is 1. The van der Waals surface area contributed by atoms with Gasteiger partial charge < -0.3 is 5.32 Å². The fourth-order valence-corrected chi connectivity index (χ4v) is 3.46. The lowest BCUT2D eigenvalue weighted by atomic mass is 10.3. The number of aromatic nitrogens is 1. The van der Waals surface area contributed by atoms with Crippen LogP contribution in [0.2, 0.25) is 0 Å². The predicted octanol–water partition coefficient (Wildman–Crippen LogP) is 2.91. The van der Waals surface area contributed by atoms with Gasteiger partial charge in [0.25, 0.3) is 9.84 Å². The summed E-state index contributed by atoms with van der Waals surface area (Å²) >= 11 is 0. The summed E-state index contributed by atoms with van der Waals surface area (Å²) in [6, 6.07) is 6.78. The van der Waals surface area contributed by atoms with Gasteiger partial charge in [-0.15, -0.1) is 0 Å². The second-order valence-electron chi connectivity index (χ2n) is 4.88. The molecule has 0 saturated heterocycles. The van der Waals surface area contributed by atoms with Crippen LogP contribution in [-0.4, -0.2) is 33.1 Å². The number of sulfone groups is 2. The van der Waals surface area contributed by atoms with Crippen LogP contribution in [0.15, 0.2) is 52.4 Å². The van der Waals surface area contributed by atoms with E-state index in [4.69, 9.17) is 0 Å². The van der Waals surface area contributed by atoms with Gasteiger partial charge >= 0.3 is 5.51 Å². The van der Waals surface area contributed by atoms with Crippen LogP contribution >= 0.6 is 0 Å². The van der Waals surface area contributed by atoms with E-state index < -0.39 is 30.1 Å². The Labute approximate surface area is 142 Å². The van der Waals surface area contributed by atoms with E-state index >= 15 is 0 Å². The number of halogens is 3. The quantitative estimate of drug-likeness (QED) is 0.838. The summed E-state index contributed by atoms with van der Waals surface area (Å²) in [5, 5.41) is 2.63. The fourth-order valence-electron chi connectivity index (χ4n) is 1.83. The van der Waals surface area contributed by atoms with Crippen molar-refractivity contribution in [3.8, 4) is 0 Å². The van der Waals surface area contributed by atoms with E-state index in [9.17, 15) is 30.0 Å². The van der Waals surface area contributed by atoms with E-state index in [1.54, 1.807) is 0 Å². The molecule has 0 atom stereocenters. The summed E-state index contributed by atoms with van der Waals surface area (Å²) in [5.74, 6) is 0.0512. The van der Waals surface area contributed by atoms with Crippen molar-refractivity contribution in [2.24, 2.45) is 0 Å². The lowest BCUT2D eigenvalue weighted by Crippen LogP contribution is -2.23. The molecule has 2 aromatic rings.